The van der Waals surface area contributed by atoms with Crippen LogP contribution in [0.15, 0.2) is 24.3 Å². The largest absolute Gasteiger partial charge is 0.452 e. The third-order valence-electron chi connectivity index (χ3n) is 3.62. The van der Waals surface area contributed by atoms with Crippen LogP contribution in [0, 0.1) is 0 Å². The zero-order valence-corrected chi connectivity index (χ0v) is 13.8. The van der Waals surface area contributed by atoms with Gasteiger partial charge in [-0.3, -0.25) is 15.0 Å². The Morgan fingerprint density at radius 3 is 2.46 bits per heavy atom. The number of nitrogens with zero attached hydrogens (tertiary/aromatic N) is 1. The number of hydrogen-bond acceptors (Lipinski definition) is 5. The molecule has 2 N–H and O–H groups in total. The molecule has 0 unspecified atom stereocenters. The Hall–Kier alpha value is -2.61. The fraction of sp³-hybridized carbons (Fsp3) is 0.333. The molecule has 24 heavy (non-hydrogen) atoms. The van der Waals surface area contributed by atoms with Crippen molar-refractivity contribution in [3.8, 4) is 0 Å². The molecule has 0 saturated carbocycles. The van der Waals surface area contributed by atoms with Crippen LogP contribution in [0.4, 0.5) is 4.79 Å². The standard InChI is InChI=1S/C15H16ClN3O5/c1-3-15(2)13(22)19(14(23)17-15)18-11(20)8-24-12(21)9-4-6-10(16)7-5-9/h4-7H,3,8H2,1-2H3,(H,17,23)(H,18,20)/t15-/m1/s1. The molecule has 0 spiro atoms. The molecule has 1 aromatic rings. The molecule has 0 bridgehead atoms. The predicted molar refractivity (Wildman–Crippen MR) is 84.0 cm³/mol. The zero-order valence-electron chi connectivity index (χ0n) is 13.1. The summed E-state index contributed by atoms with van der Waals surface area (Å²) in [6.45, 7) is 2.65. The summed E-state index contributed by atoms with van der Waals surface area (Å²) in [6, 6.07) is 5.19. The van der Waals surface area contributed by atoms with Crippen LogP contribution in [0.3, 0.4) is 0 Å². The van der Waals surface area contributed by atoms with Gasteiger partial charge in [0.1, 0.15) is 5.54 Å². The Bertz CT molecular complexity index is 691. The van der Waals surface area contributed by atoms with Crippen molar-refractivity contribution in [2.75, 3.05) is 6.61 Å². The minimum Gasteiger partial charge on any atom is -0.452 e. The molecule has 0 aromatic heterocycles. The quantitative estimate of drug-likeness (QED) is 0.612. The Kier molecular flexibility index (Phi) is 5.08. The Labute approximate surface area is 143 Å². The fourth-order valence-corrected chi connectivity index (χ4v) is 2.11. The van der Waals surface area contributed by atoms with E-state index in [1.165, 1.54) is 24.3 Å². The summed E-state index contributed by atoms with van der Waals surface area (Å²) in [4.78, 5) is 47.4. The number of hydrogen-bond donors (Lipinski definition) is 2. The Morgan fingerprint density at radius 1 is 1.29 bits per heavy atom. The molecule has 1 saturated heterocycles. The third kappa shape index (κ3) is 3.65. The Balaban J connectivity index is 1.90. The second kappa shape index (κ2) is 6.88. The molecule has 0 radical (unpaired) electrons. The topological polar surface area (TPSA) is 105 Å². The molecule has 1 aliphatic heterocycles. The molecule has 1 fully saturated rings. The lowest BCUT2D eigenvalue weighted by atomic mass is 10.00. The van der Waals surface area contributed by atoms with E-state index >= 15 is 0 Å². The van der Waals surface area contributed by atoms with Crippen molar-refractivity contribution in [3.63, 3.8) is 0 Å². The minimum absolute atomic E-state index is 0.223. The lowest BCUT2D eigenvalue weighted by molar-refractivity contribution is -0.139. The van der Waals surface area contributed by atoms with Gasteiger partial charge >= 0.3 is 12.0 Å². The van der Waals surface area contributed by atoms with Gasteiger partial charge in [0.05, 0.1) is 5.56 Å². The van der Waals surface area contributed by atoms with Crippen LogP contribution in [0.25, 0.3) is 0 Å². The average Bonchev–Trinajstić information content (AvgIpc) is 2.77. The number of hydrazine groups is 1. The van der Waals surface area contributed by atoms with Gasteiger partial charge in [0.2, 0.25) is 0 Å². The SMILES string of the molecule is CC[C@@]1(C)NC(=O)N(NC(=O)COC(=O)c2ccc(Cl)cc2)C1=O. The number of esters is 1. The summed E-state index contributed by atoms with van der Waals surface area (Å²) in [5, 5.41) is 3.53. The first kappa shape index (κ1) is 17.7. The Morgan fingerprint density at radius 2 is 1.92 bits per heavy atom. The number of amides is 4. The number of urea groups is 1. The maximum absolute atomic E-state index is 12.1. The van der Waals surface area contributed by atoms with E-state index in [1.54, 1.807) is 13.8 Å². The molecule has 1 heterocycles. The number of carbonyl (C=O) groups excluding carboxylic acids is 4. The minimum atomic E-state index is -1.07. The molecule has 8 nitrogen and oxygen atoms in total. The first-order valence-corrected chi connectivity index (χ1v) is 7.53. The van der Waals surface area contributed by atoms with Gasteiger partial charge in [-0.15, -0.1) is 0 Å². The van der Waals surface area contributed by atoms with Crippen LogP contribution in [0.1, 0.15) is 30.6 Å². The van der Waals surface area contributed by atoms with Crippen LogP contribution >= 0.6 is 11.6 Å². The van der Waals surface area contributed by atoms with E-state index in [0.29, 0.717) is 16.5 Å². The fourth-order valence-electron chi connectivity index (χ4n) is 1.98. The van der Waals surface area contributed by atoms with E-state index in [9.17, 15) is 19.2 Å². The lowest BCUT2D eigenvalue weighted by Crippen LogP contribution is -2.49. The van der Waals surface area contributed by atoms with E-state index in [-0.39, 0.29) is 5.56 Å². The first-order chi connectivity index (χ1) is 11.3. The molecule has 9 heteroatoms. The number of halogens is 1. The summed E-state index contributed by atoms with van der Waals surface area (Å²) in [7, 11) is 0. The van der Waals surface area contributed by atoms with E-state index in [0.717, 1.165) is 0 Å². The molecule has 2 rings (SSSR count). The van der Waals surface area contributed by atoms with Gasteiger partial charge in [-0.1, -0.05) is 18.5 Å². The summed E-state index contributed by atoms with van der Waals surface area (Å²) in [5.74, 6) is -2.11. The molecular weight excluding hydrogens is 338 g/mol. The highest BCUT2D eigenvalue weighted by Gasteiger charge is 2.47. The van der Waals surface area contributed by atoms with Crippen molar-refractivity contribution in [1.29, 1.82) is 0 Å². The van der Waals surface area contributed by atoms with Gasteiger partial charge in [-0.05, 0) is 37.6 Å². The number of benzene rings is 1. The third-order valence-corrected chi connectivity index (χ3v) is 3.87. The highest BCUT2D eigenvalue weighted by atomic mass is 35.5. The molecule has 1 aromatic carbocycles. The van der Waals surface area contributed by atoms with Crippen molar-refractivity contribution in [3.05, 3.63) is 34.9 Å². The van der Waals surface area contributed by atoms with Crippen LogP contribution in [0.2, 0.25) is 5.02 Å². The maximum atomic E-state index is 12.1. The summed E-state index contributed by atoms with van der Waals surface area (Å²) >= 11 is 5.71. The van der Waals surface area contributed by atoms with Crippen molar-refractivity contribution in [2.24, 2.45) is 0 Å². The van der Waals surface area contributed by atoms with Gasteiger partial charge in [0.15, 0.2) is 6.61 Å². The monoisotopic (exact) mass is 353 g/mol. The van der Waals surface area contributed by atoms with Gasteiger partial charge in [-0.2, -0.15) is 5.01 Å². The summed E-state index contributed by atoms with van der Waals surface area (Å²) in [5.41, 5.74) is 1.28. The van der Waals surface area contributed by atoms with E-state index in [4.69, 9.17) is 16.3 Å². The van der Waals surface area contributed by atoms with Gasteiger partial charge in [0.25, 0.3) is 11.8 Å². The van der Waals surface area contributed by atoms with E-state index in [1.807, 2.05) is 0 Å². The van der Waals surface area contributed by atoms with Gasteiger partial charge in [0, 0.05) is 5.02 Å². The zero-order chi connectivity index (χ0) is 17.9. The number of nitrogens with one attached hydrogen (secondary N) is 2. The summed E-state index contributed by atoms with van der Waals surface area (Å²) in [6.07, 6.45) is 0.371. The molecule has 1 aliphatic rings. The maximum Gasteiger partial charge on any atom is 0.344 e. The smallest absolute Gasteiger partial charge is 0.344 e. The number of rotatable bonds is 5. The van der Waals surface area contributed by atoms with Crippen LogP contribution in [-0.4, -0.2) is 41.0 Å². The molecule has 0 aliphatic carbocycles. The van der Waals surface area contributed by atoms with Crippen molar-refractivity contribution < 1.29 is 23.9 Å². The van der Waals surface area contributed by atoms with E-state index in [2.05, 4.69) is 10.7 Å². The van der Waals surface area contributed by atoms with Crippen LogP contribution in [-0.2, 0) is 14.3 Å². The summed E-state index contributed by atoms with van der Waals surface area (Å²) < 4.78 is 4.83. The first-order valence-electron chi connectivity index (χ1n) is 7.15. The van der Waals surface area contributed by atoms with Crippen LogP contribution in [0.5, 0.6) is 0 Å². The van der Waals surface area contributed by atoms with Crippen LogP contribution < -0.4 is 10.7 Å². The van der Waals surface area contributed by atoms with Gasteiger partial charge in [-0.25, -0.2) is 9.59 Å². The van der Waals surface area contributed by atoms with Gasteiger partial charge < -0.3 is 10.1 Å². The average molecular weight is 354 g/mol. The molecule has 4 amide bonds. The van der Waals surface area contributed by atoms with Crippen molar-refractivity contribution in [2.45, 2.75) is 25.8 Å². The molecular formula is C15H16ClN3O5. The lowest BCUT2D eigenvalue weighted by Gasteiger charge is -2.19. The highest BCUT2D eigenvalue weighted by Crippen LogP contribution is 2.19. The molecule has 128 valence electrons. The van der Waals surface area contributed by atoms with Crippen molar-refractivity contribution in [1.82, 2.24) is 15.8 Å². The number of carbonyl (C=O) groups is 4. The second-order valence-corrected chi connectivity index (χ2v) is 5.81. The normalized spacial score (nSPS) is 19.9. The highest BCUT2D eigenvalue weighted by molar-refractivity contribution is 6.30. The number of imide groups is 1. The van der Waals surface area contributed by atoms with Crippen molar-refractivity contribution >= 4 is 35.4 Å². The molecule has 1 atom stereocenters. The number of ether oxygens (including phenoxy) is 1. The second-order valence-electron chi connectivity index (χ2n) is 5.37. The predicted octanol–water partition coefficient (Wildman–Crippen LogP) is 1.25. The van der Waals surface area contributed by atoms with E-state index < -0.39 is 36.0 Å².